The molecule has 1 saturated carbocycles. The van der Waals surface area contributed by atoms with Gasteiger partial charge < -0.3 is 9.47 Å². The lowest BCUT2D eigenvalue weighted by atomic mass is 9.70. The van der Waals surface area contributed by atoms with Gasteiger partial charge in [-0.1, -0.05) is 12.1 Å². The Labute approximate surface area is 120 Å². The maximum atomic E-state index is 12.7. The van der Waals surface area contributed by atoms with Crippen molar-refractivity contribution in [2.75, 3.05) is 13.7 Å². The van der Waals surface area contributed by atoms with Gasteiger partial charge in [0.15, 0.2) is 5.78 Å². The zero-order valence-corrected chi connectivity index (χ0v) is 12.3. The van der Waals surface area contributed by atoms with E-state index in [2.05, 4.69) is 0 Å². The molecule has 2 fully saturated rings. The van der Waals surface area contributed by atoms with Crippen LogP contribution in [0.15, 0.2) is 18.2 Å². The van der Waals surface area contributed by atoms with Crippen LogP contribution in [-0.2, 0) is 4.74 Å². The van der Waals surface area contributed by atoms with Gasteiger partial charge in [0.25, 0.3) is 0 Å². The number of aryl methyl sites for hydroxylation is 1. The lowest BCUT2D eigenvalue weighted by molar-refractivity contribution is -0.137. The fourth-order valence-electron chi connectivity index (χ4n) is 3.38. The quantitative estimate of drug-likeness (QED) is 0.791. The number of carbonyl (C=O) groups excluding carboxylic acids is 1. The van der Waals surface area contributed by atoms with Gasteiger partial charge in [0.05, 0.1) is 12.7 Å². The summed E-state index contributed by atoms with van der Waals surface area (Å²) in [5.74, 6) is 1.15. The lowest BCUT2D eigenvalue weighted by Crippen LogP contribution is -2.47. The Morgan fingerprint density at radius 2 is 2.20 bits per heavy atom. The second-order valence-corrected chi connectivity index (χ2v) is 6.12. The number of methoxy groups -OCH3 is 1. The summed E-state index contributed by atoms with van der Waals surface area (Å²) in [4.78, 5) is 12.7. The molecule has 108 valence electrons. The van der Waals surface area contributed by atoms with E-state index < -0.39 is 0 Å². The molecule has 0 radical (unpaired) electrons. The van der Waals surface area contributed by atoms with Crippen LogP contribution in [0, 0.1) is 12.8 Å². The third-order valence-electron chi connectivity index (χ3n) is 4.82. The molecule has 1 unspecified atom stereocenters. The Morgan fingerprint density at radius 1 is 1.40 bits per heavy atom. The predicted molar refractivity (Wildman–Crippen MR) is 77.3 cm³/mol. The summed E-state index contributed by atoms with van der Waals surface area (Å²) in [6.07, 6.45) is 5.21. The molecule has 1 saturated heterocycles. The fourth-order valence-corrected chi connectivity index (χ4v) is 3.38. The van der Waals surface area contributed by atoms with E-state index in [4.69, 9.17) is 9.47 Å². The van der Waals surface area contributed by atoms with Crippen molar-refractivity contribution in [2.45, 2.75) is 44.6 Å². The van der Waals surface area contributed by atoms with Crippen molar-refractivity contribution in [2.24, 2.45) is 5.92 Å². The van der Waals surface area contributed by atoms with E-state index in [1.807, 2.05) is 25.1 Å². The Morgan fingerprint density at radius 3 is 2.85 bits per heavy atom. The molecule has 3 heteroatoms. The summed E-state index contributed by atoms with van der Waals surface area (Å²) < 4.78 is 11.2. The number of rotatable bonds is 3. The van der Waals surface area contributed by atoms with Crippen LogP contribution in [0.25, 0.3) is 0 Å². The molecular weight excluding hydrogens is 252 g/mol. The molecule has 1 spiro atoms. The van der Waals surface area contributed by atoms with Crippen molar-refractivity contribution in [3.63, 3.8) is 0 Å². The highest BCUT2D eigenvalue weighted by Crippen LogP contribution is 2.45. The van der Waals surface area contributed by atoms with Crippen LogP contribution in [0.1, 0.15) is 48.0 Å². The molecule has 1 atom stereocenters. The van der Waals surface area contributed by atoms with E-state index in [1.165, 1.54) is 6.42 Å². The molecule has 0 N–H and O–H groups in total. The third-order valence-corrected chi connectivity index (χ3v) is 4.82. The van der Waals surface area contributed by atoms with Gasteiger partial charge in [0.1, 0.15) is 5.75 Å². The fraction of sp³-hybridized carbons (Fsp3) is 0.588. The minimum absolute atomic E-state index is 0.0212. The zero-order chi connectivity index (χ0) is 14.2. The average molecular weight is 274 g/mol. The molecule has 0 bridgehead atoms. The normalized spacial score (nSPS) is 24.2. The van der Waals surface area contributed by atoms with Crippen LogP contribution in [0.3, 0.4) is 0 Å². The summed E-state index contributed by atoms with van der Waals surface area (Å²) in [5.41, 5.74) is 1.85. The summed E-state index contributed by atoms with van der Waals surface area (Å²) in [5, 5.41) is 0. The topological polar surface area (TPSA) is 35.5 Å². The molecule has 1 aromatic carbocycles. The van der Waals surface area contributed by atoms with Crippen molar-refractivity contribution in [1.82, 2.24) is 0 Å². The van der Waals surface area contributed by atoms with Gasteiger partial charge >= 0.3 is 0 Å². The highest BCUT2D eigenvalue weighted by Gasteiger charge is 2.44. The average Bonchev–Trinajstić information content (AvgIpc) is 2.45. The summed E-state index contributed by atoms with van der Waals surface area (Å²) >= 11 is 0. The third kappa shape index (κ3) is 2.35. The molecule has 20 heavy (non-hydrogen) atoms. The van der Waals surface area contributed by atoms with E-state index in [0.29, 0.717) is 0 Å². The molecule has 1 heterocycles. The SMILES string of the molecule is COc1cc(C(=O)C2CCOC3(CCC3)C2)ccc1C. The van der Waals surface area contributed by atoms with Gasteiger partial charge in [0.2, 0.25) is 0 Å². The van der Waals surface area contributed by atoms with Gasteiger partial charge in [-0.15, -0.1) is 0 Å². The van der Waals surface area contributed by atoms with E-state index in [1.54, 1.807) is 7.11 Å². The largest absolute Gasteiger partial charge is 0.496 e. The molecule has 1 aliphatic heterocycles. The maximum absolute atomic E-state index is 12.7. The Kier molecular flexibility index (Phi) is 3.55. The first-order valence-electron chi connectivity index (χ1n) is 7.46. The number of carbonyl (C=O) groups is 1. The number of benzene rings is 1. The van der Waals surface area contributed by atoms with Gasteiger partial charge in [-0.25, -0.2) is 0 Å². The molecule has 1 aliphatic carbocycles. The van der Waals surface area contributed by atoms with Gasteiger partial charge in [-0.05, 0) is 50.7 Å². The first kappa shape index (κ1) is 13.6. The first-order valence-corrected chi connectivity index (χ1v) is 7.46. The number of ketones is 1. The second-order valence-electron chi connectivity index (χ2n) is 6.12. The Bertz CT molecular complexity index is 517. The van der Waals surface area contributed by atoms with Crippen LogP contribution < -0.4 is 4.74 Å². The standard InChI is InChI=1S/C17H22O3/c1-12-4-5-13(10-15(12)19-2)16(18)14-6-9-20-17(11-14)7-3-8-17/h4-5,10,14H,3,6-9,11H2,1-2H3. The minimum Gasteiger partial charge on any atom is -0.496 e. The van der Waals surface area contributed by atoms with Gasteiger partial charge in [-0.2, -0.15) is 0 Å². The number of ether oxygens (including phenoxy) is 2. The van der Waals surface area contributed by atoms with E-state index in [-0.39, 0.29) is 17.3 Å². The molecule has 0 aromatic heterocycles. The van der Waals surface area contributed by atoms with Crippen LogP contribution in [-0.4, -0.2) is 25.1 Å². The second kappa shape index (κ2) is 5.21. The number of hydrogen-bond donors (Lipinski definition) is 0. The van der Waals surface area contributed by atoms with Crippen molar-refractivity contribution in [1.29, 1.82) is 0 Å². The summed E-state index contributed by atoms with van der Waals surface area (Å²) in [7, 11) is 1.65. The van der Waals surface area contributed by atoms with E-state index in [0.717, 1.165) is 49.2 Å². The van der Waals surface area contributed by atoms with E-state index in [9.17, 15) is 4.79 Å². The molecule has 3 nitrogen and oxygen atoms in total. The summed E-state index contributed by atoms with van der Waals surface area (Å²) in [6, 6.07) is 5.76. The Hall–Kier alpha value is -1.35. The molecule has 3 rings (SSSR count). The van der Waals surface area contributed by atoms with Crippen molar-refractivity contribution in [3.05, 3.63) is 29.3 Å². The monoisotopic (exact) mass is 274 g/mol. The highest BCUT2D eigenvalue weighted by atomic mass is 16.5. The lowest BCUT2D eigenvalue weighted by Gasteiger charge is -2.46. The van der Waals surface area contributed by atoms with Crippen molar-refractivity contribution in [3.8, 4) is 5.75 Å². The molecule has 2 aliphatic rings. The van der Waals surface area contributed by atoms with Gasteiger partial charge in [-0.3, -0.25) is 4.79 Å². The number of Topliss-reactive ketones (excluding diaryl/α,β-unsaturated/α-hetero) is 1. The minimum atomic E-state index is 0.0212. The summed E-state index contributed by atoms with van der Waals surface area (Å²) in [6.45, 7) is 2.71. The highest BCUT2D eigenvalue weighted by molar-refractivity contribution is 5.98. The number of hydrogen-bond acceptors (Lipinski definition) is 3. The van der Waals surface area contributed by atoms with Crippen LogP contribution in [0.2, 0.25) is 0 Å². The zero-order valence-electron chi connectivity index (χ0n) is 12.3. The van der Waals surface area contributed by atoms with Crippen LogP contribution in [0.4, 0.5) is 0 Å². The van der Waals surface area contributed by atoms with Gasteiger partial charge in [0, 0.05) is 18.1 Å². The van der Waals surface area contributed by atoms with Crippen molar-refractivity contribution >= 4 is 5.78 Å². The molecule has 1 aromatic rings. The molecule has 0 amide bonds. The van der Waals surface area contributed by atoms with Crippen LogP contribution in [0.5, 0.6) is 5.75 Å². The van der Waals surface area contributed by atoms with E-state index >= 15 is 0 Å². The maximum Gasteiger partial charge on any atom is 0.166 e. The smallest absolute Gasteiger partial charge is 0.166 e. The first-order chi connectivity index (χ1) is 9.63. The van der Waals surface area contributed by atoms with Crippen molar-refractivity contribution < 1.29 is 14.3 Å². The molecular formula is C17H22O3. The predicted octanol–water partition coefficient (Wildman–Crippen LogP) is 3.54. The Balaban J connectivity index is 1.78. The van der Waals surface area contributed by atoms with Crippen LogP contribution >= 0.6 is 0 Å².